The molecule has 0 unspecified atom stereocenters. The van der Waals surface area contributed by atoms with Crippen LogP contribution in [0.1, 0.15) is 0 Å². The van der Waals surface area contributed by atoms with E-state index in [4.69, 9.17) is 0 Å². The second kappa shape index (κ2) is 9.86. The molecule has 0 bridgehead atoms. The Morgan fingerprint density at radius 2 is 1.02 bits per heavy atom. The lowest BCUT2D eigenvalue weighted by Gasteiger charge is -2.35. The topological polar surface area (TPSA) is 6.48 Å². The van der Waals surface area contributed by atoms with Crippen molar-refractivity contribution in [2.75, 3.05) is 9.80 Å². The van der Waals surface area contributed by atoms with Gasteiger partial charge in [-0.15, -0.1) is 0 Å². The summed E-state index contributed by atoms with van der Waals surface area (Å²) in [5.74, 6) is 0. The molecule has 1 heterocycles. The zero-order valence-corrected chi connectivity index (χ0v) is 24.1. The molecule has 0 fully saturated rings. The van der Waals surface area contributed by atoms with Crippen LogP contribution in [0.3, 0.4) is 0 Å². The highest BCUT2D eigenvalue weighted by atomic mass is 15.2. The van der Waals surface area contributed by atoms with Gasteiger partial charge in [-0.1, -0.05) is 115 Å². The Labute approximate surface area is 256 Å². The zero-order valence-electron chi connectivity index (χ0n) is 24.1. The van der Waals surface area contributed by atoms with E-state index in [1.807, 2.05) is 0 Å². The lowest BCUT2D eigenvalue weighted by Crippen LogP contribution is -2.16. The van der Waals surface area contributed by atoms with E-state index in [1.54, 1.807) is 0 Å². The summed E-state index contributed by atoms with van der Waals surface area (Å²) in [5.41, 5.74) is 9.51. The van der Waals surface area contributed by atoms with E-state index in [0.29, 0.717) is 0 Å². The molecule has 0 saturated carbocycles. The van der Waals surface area contributed by atoms with Crippen LogP contribution < -0.4 is 9.80 Å². The van der Waals surface area contributed by atoms with Crippen molar-refractivity contribution in [1.82, 2.24) is 0 Å². The average Bonchev–Trinajstić information content (AvgIpc) is 3.09. The molecule has 44 heavy (non-hydrogen) atoms. The van der Waals surface area contributed by atoms with Gasteiger partial charge in [0.1, 0.15) is 0 Å². The maximum absolute atomic E-state index is 2.46. The second-order valence-corrected chi connectivity index (χ2v) is 11.4. The van der Waals surface area contributed by atoms with Crippen molar-refractivity contribution in [2.24, 2.45) is 0 Å². The number of hydrogen-bond acceptors (Lipinski definition) is 2. The molecule has 1 aliphatic rings. The van der Waals surface area contributed by atoms with Gasteiger partial charge in [0.2, 0.25) is 0 Å². The molecule has 0 amide bonds. The Morgan fingerprint density at radius 1 is 0.386 bits per heavy atom. The summed E-state index contributed by atoms with van der Waals surface area (Å²) in [6, 6.07) is 61.5. The molecule has 0 radical (unpaired) electrons. The fraction of sp³-hybridized carbons (Fsp3) is 0. The standard InChI is InChI=1S/C42H28N2/c1-2-15-33(16-3-1)43(36-22-20-29-10-4-5-12-32(29)28-36)34-23-25-35(26-24-34)44-40-19-9-14-31-13-8-18-38(41(31)40)39-27-21-30-11-6-7-17-37(30)42(39)44/h1-28H. The van der Waals surface area contributed by atoms with Gasteiger partial charge in [-0.05, 0) is 81.7 Å². The number of benzene rings is 8. The summed E-state index contributed by atoms with van der Waals surface area (Å²) < 4.78 is 0. The molecule has 9 rings (SSSR count). The van der Waals surface area contributed by atoms with Gasteiger partial charge < -0.3 is 9.80 Å². The minimum absolute atomic E-state index is 1.11. The fourth-order valence-electron chi connectivity index (χ4n) is 6.92. The molecule has 0 spiro atoms. The molecule has 2 heteroatoms. The van der Waals surface area contributed by atoms with Crippen LogP contribution in [0.5, 0.6) is 0 Å². The van der Waals surface area contributed by atoms with Crippen molar-refractivity contribution in [2.45, 2.75) is 0 Å². The van der Waals surface area contributed by atoms with Crippen LogP contribution >= 0.6 is 0 Å². The Bertz CT molecular complexity index is 2330. The largest absolute Gasteiger partial charge is 0.310 e. The Kier molecular flexibility index (Phi) is 5.54. The van der Waals surface area contributed by atoms with Crippen LogP contribution in [0, 0.1) is 0 Å². The molecular formula is C42H28N2. The molecule has 0 atom stereocenters. The highest BCUT2D eigenvalue weighted by Gasteiger charge is 2.27. The highest BCUT2D eigenvalue weighted by molar-refractivity contribution is 6.18. The first-order valence-corrected chi connectivity index (χ1v) is 15.1. The molecule has 0 N–H and O–H groups in total. The van der Waals surface area contributed by atoms with Crippen molar-refractivity contribution in [3.63, 3.8) is 0 Å². The first-order chi connectivity index (χ1) is 21.8. The third-order valence-electron chi connectivity index (χ3n) is 8.91. The molecular weight excluding hydrogens is 532 g/mol. The monoisotopic (exact) mass is 560 g/mol. The van der Waals surface area contributed by atoms with Crippen LogP contribution in [0.2, 0.25) is 0 Å². The predicted octanol–water partition coefficient (Wildman–Crippen LogP) is 12.1. The summed E-state index contributed by atoms with van der Waals surface area (Å²) >= 11 is 0. The normalized spacial score (nSPS) is 12.0. The van der Waals surface area contributed by atoms with Crippen molar-refractivity contribution >= 4 is 66.4 Å². The quantitative estimate of drug-likeness (QED) is 0.211. The minimum Gasteiger partial charge on any atom is -0.310 e. The molecule has 0 aliphatic carbocycles. The molecule has 2 nitrogen and oxygen atoms in total. The summed E-state index contributed by atoms with van der Waals surface area (Å²) in [6.07, 6.45) is 0. The van der Waals surface area contributed by atoms with E-state index in [0.717, 1.165) is 22.7 Å². The van der Waals surface area contributed by atoms with Crippen molar-refractivity contribution < 1.29 is 0 Å². The maximum atomic E-state index is 2.46. The lowest BCUT2D eigenvalue weighted by molar-refractivity contribution is 1.26. The van der Waals surface area contributed by atoms with E-state index in [1.165, 1.54) is 54.8 Å². The Balaban J connectivity index is 1.24. The van der Waals surface area contributed by atoms with Crippen molar-refractivity contribution in [3.8, 4) is 11.1 Å². The lowest BCUT2D eigenvalue weighted by atomic mass is 9.88. The van der Waals surface area contributed by atoms with Crippen LogP contribution in [0.4, 0.5) is 34.1 Å². The fourth-order valence-corrected chi connectivity index (χ4v) is 6.92. The first kappa shape index (κ1) is 24.7. The Hall–Kier alpha value is -5.86. The average molecular weight is 561 g/mol. The van der Waals surface area contributed by atoms with E-state index < -0.39 is 0 Å². The molecule has 1 aliphatic heterocycles. The van der Waals surface area contributed by atoms with Gasteiger partial charge in [0.25, 0.3) is 0 Å². The second-order valence-electron chi connectivity index (χ2n) is 11.4. The minimum atomic E-state index is 1.11. The SMILES string of the molecule is c1ccc(N(c2ccc(N3c4c(ccc5ccccc45)-c4cccc5cccc3c45)cc2)c2ccc3ccccc3c2)cc1. The smallest absolute Gasteiger partial charge is 0.0618 e. The van der Waals surface area contributed by atoms with Crippen molar-refractivity contribution in [1.29, 1.82) is 0 Å². The molecule has 0 aromatic heterocycles. The molecule has 8 aromatic carbocycles. The zero-order chi connectivity index (χ0) is 29.0. The van der Waals surface area contributed by atoms with Crippen LogP contribution in [-0.2, 0) is 0 Å². The molecule has 8 aromatic rings. The number of anilines is 6. The van der Waals surface area contributed by atoms with Gasteiger partial charge in [-0.25, -0.2) is 0 Å². The van der Waals surface area contributed by atoms with Gasteiger partial charge in [0, 0.05) is 39.1 Å². The third-order valence-corrected chi connectivity index (χ3v) is 8.91. The van der Waals surface area contributed by atoms with E-state index in [-0.39, 0.29) is 0 Å². The summed E-state index contributed by atoms with van der Waals surface area (Å²) in [7, 11) is 0. The van der Waals surface area contributed by atoms with Crippen LogP contribution in [0.25, 0.3) is 43.4 Å². The number of fused-ring (bicyclic) bond motifs is 5. The summed E-state index contributed by atoms with van der Waals surface area (Å²) in [6.45, 7) is 0. The van der Waals surface area contributed by atoms with Gasteiger partial charge in [0.05, 0.1) is 11.4 Å². The van der Waals surface area contributed by atoms with Gasteiger partial charge >= 0.3 is 0 Å². The highest BCUT2D eigenvalue weighted by Crippen LogP contribution is 2.53. The van der Waals surface area contributed by atoms with E-state index in [2.05, 4.69) is 180 Å². The predicted molar refractivity (Wildman–Crippen MR) is 187 cm³/mol. The van der Waals surface area contributed by atoms with Gasteiger partial charge in [0.15, 0.2) is 0 Å². The van der Waals surface area contributed by atoms with E-state index in [9.17, 15) is 0 Å². The van der Waals surface area contributed by atoms with Crippen molar-refractivity contribution in [3.05, 3.63) is 170 Å². The number of rotatable bonds is 4. The number of hydrogen-bond donors (Lipinski definition) is 0. The number of para-hydroxylation sites is 1. The third kappa shape index (κ3) is 3.82. The van der Waals surface area contributed by atoms with E-state index >= 15 is 0 Å². The van der Waals surface area contributed by atoms with Gasteiger partial charge in [-0.3, -0.25) is 0 Å². The molecule has 0 saturated heterocycles. The summed E-state index contributed by atoms with van der Waals surface area (Å²) in [4.78, 5) is 4.80. The Morgan fingerprint density at radius 3 is 1.86 bits per heavy atom. The first-order valence-electron chi connectivity index (χ1n) is 15.1. The number of nitrogens with zero attached hydrogens (tertiary/aromatic N) is 2. The summed E-state index contributed by atoms with van der Waals surface area (Å²) in [5, 5.41) is 7.51. The molecule has 206 valence electrons. The van der Waals surface area contributed by atoms with Crippen LogP contribution in [0.15, 0.2) is 170 Å². The van der Waals surface area contributed by atoms with Gasteiger partial charge in [-0.2, -0.15) is 0 Å². The van der Waals surface area contributed by atoms with Crippen LogP contribution in [-0.4, -0.2) is 0 Å². The maximum Gasteiger partial charge on any atom is 0.0618 e.